The van der Waals surface area contributed by atoms with Crippen molar-refractivity contribution < 1.29 is 19.1 Å². The lowest BCUT2D eigenvalue weighted by molar-refractivity contribution is -0.146. The molecule has 1 amide bonds. The minimum atomic E-state index is -0.917. The Balaban J connectivity index is 2.21. The summed E-state index contributed by atoms with van der Waals surface area (Å²) in [6.45, 7) is 7.15. The number of nitrogens with one attached hydrogen (secondary N) is 1. The van der Waals surface area contributed by atoms with Crippen LogP contribution >= 0.6 is 0 Å². The van der Waals surface area contributed by atoms with E-state index in [0.717, 1.165) is 0 Å². The van der Waals surface area contributed by atoms with Crippen LogP contribution in [-0.2, 0) is 9.53 Å². The fourth-order valence-electron chi connectivity index (χ4n) is 2.31. The molecule has 2 heterocycles. The Bertz CT molecular complexity index is 844. The van der Waals surface area contributed by atoms with Crippen LogP contribution in [0.15, 0.2) is 29.2 Å². The van der Waals surface area contributed by atoms with E-state index in [1.54, 1.807) is 45.9 Å². The molecule has 2 aromatic heterocycles. The van der Waals surface area contributed by atoms with E-state index in [9.17, 15) is 14.4 Å². The van der Waals surface area contributed by atoms with Crippen LogP contribution in [0.3, 0.4) is 0 Å². The standard InChI is InChI=1S/C17H21N3O5/c1-5-24-16(22)14(10(2)3)19-17(23)25-12-9-18-13-8-6-7-11(4)20(13)15(12)21/h6-10,14H,5H2,1-4H3,(H,19,23). The fraction of sp³-hybridized carbons (Fsp3) is 0.412. The molecule has 25 heavy (non-hydrogen) atoms. The van der Waals surface area contributed by atoms with E-state index in [1.165, 1.54) is 10.6 Å². The second-order valence-corrected chi connectivity index (χ2v) is 5.80. The highest BCUT2D eigenvalue weighted by atomic mass is 16.6. The highest BCUT2D eigenvalue weighted by Crippen LogP contribution is 2.08. The minimum absolute atomic E-state index is 0.202. The number of fused-ring (bicyclic) bond motifs is 1. The van der Waals surface area contributed by atoms with Crippen molar-refractivity contribution in [3.05, 3.63) is 40.4 Å². The normalized spacial score (nSPS) is 12.0. The van der Waals surface area contributed by atoms with Crippen LogP contribution in [0.1, 0.15) is 26.5 Å². The van der Waals surface area contributed by atoms with Gasteiger partial charge in [-0.2, -0.15) is 0 Å². The number of esters is 1. The Morgan fingerprint density at radius 2 is 2.04 bits per heavy atom. The molecule has 1 unspecified atom stereocenters. The molecule has 0 spiro atoms. The summed E-state index contributed by atoms with van der Waals surface area (Å²) in [5.74, 6) is -0.987. The monoisotopic (exact) mass is 347 g/mol. The van der Waals surface area contributed by atoms with E-state index in [2.05, 4.69) is 10.3 Å². The molecular formula is C17H21N3O5. The Hall–Kier alpha value is -2.90. The van der Waals surface area contributed by atoms with Gasteiger partial charge in [0.05, 0.1) is 12.8 Å². The molecule has 2 rings (SSSR count). The van der Waals surface area contributed by atoms with Crippen LogP contribution in [0.4, 0.5) is 4.79 Å². The maximum absolute atomic E-state index is 12.5. The number of carbonyl (C=O) groups is 2. The van der Waals surface area contributed by atoms with E-state index in [4.69, 9.17) is 9.47 Å². The number of ether oxygens (including phenoxy) is 2. The fourth-order valence-corrected chi connectivity index (χ4v) is 2.31. The van der Waals surface area contributed by atoms with Gasteiger partial charge in [0.1, 0.15) is 11.7 Å². The number of aryl methyl sites for hydroxylation is 1. The average Bonchev–Trinajstić information content (AvgIpc) is 2.55. The zero-order valence-electron chi connectivity index (χ0n) is 14.6. The van der Waals surface area contributed by atoms with Gasteiger partial charge in [-0.25, -0.2) is 14.6 Å². The van der Waals surface area contributed by atoms with E-state index < -0.39 is 23.7 Å². The second kappa shape index (κ2) is 7.78. The topological polar surface area (TPSA) is 99.0 Å². The van der Waals surface area contributed by atoms with Crippen LogP contribution in [-0.4, -0.2) is 34.1 Å². The average molecular weight is 347 g/mol. The predicted octanol–water partition coefficient (Wildman–Crippen LogP) is 1.68. The van der Waals surface area contributed by atoms with Crippen LogP contribution in [0.5, 0.6) is 5.75 Å². The summed E-state index contributed by atoms with van der Waals surface area (Å²) in [5.41, 5.74) is 0.604. The van der Waals surface area contributed by atoms with Gasteiger partial charge in [0.25, 0.3) is 0 Å². The van der Waals surface area contributed by atoms with Crippen LogP contribution in [0.25, 0.3) is 5.65 Å². The maximum atomic E-state index is 12.5. The molecule has 134 valence electrons. The molecule has 0 saturated carbocycles. The lowest BCUT2D eigenvalue weighted by Gasteiger charge is -2.20. The van der Waals surface area contributed by atoms with Crippen molar-refractivity contribution in [3.63, 3.8) is 0 Å². The Morgan fingerprint density at radius 3 is 2.68 bits per heavy atom. The first kappa shape index (κ1) is 18.4. The highest BCUT2D eigenvalue weighted by molar-refractivity contribution is 5.82. The summed E-state index contributed by atoms with van der Waals surface area (Å²) in [4.78, 5) is 40.5. The molecule has 2 aromatic rings. The number of carbonyl (C=O) groups excluding carboxylic acids is 2. The molecule has 0 aliphatic carbocycles. The second-order valence-electron chi connectivity index (χ2n) is 5.80. The van der Waals surface area contributed by atoms with E-state index >= 15 is 0 Å². The molecule has 1 N–H and O–H groups in total. The Labute approximate surface area is 144 Å². The number of hydrogen-bond donors (Lipinski definition) is 1. The number of rotatable bonds is 5. The van der Waals surface area contributed by atoms with E-state index in [1.807, 2.05) is 0 Å². The summed E-state index contributed by atoms with van der Waals surface area (Å²) in [5, 5.41) is 2.43. The summed E-state index contributed by atoms with van der Waals surface area (Å²) in [6.07, 6.45) is 0.269. The summed E-state index contributed by atoms with van der Waals surface area (Å²) in [6, 6.07) is 4.32. The molecule has 1 atom stereocenters. The first-order chi connectivity index (χ1) is 11.8. The van der Waals surface area contributed by atoms with Crippen molar-refractivity contribution in [1.82, 2.24) is 14.7 Å². The molecule has 8 heteroatoms. The quantitative estimate of drug-likeness (QED) is 0.826. The maximum Gasteiger partial charge on any atom is 0.413 e. The number of hydrogen-bond acceptors (Lipinski definition) is 6. The van der Waals surface area contributed by atoms with E-state index in [-0.39, 0.29) is 18.3 Å². The SMILES string of the molecule is CCOC(=O)C(NC(=O)Oc1cnc2cccc(C)n2c1=O)C(C)C. The van der Waals surface area contributed by atoms with Gasteiger partial charge >= 0.3 is 17.6 Å². The van der Waals surface area contributed by atoms with Crippen LogP contribution in [0.2, 0.25) is 0 Å². The van der Waals surface area contributed by atoms with Crippen LogP contribution < -0.4 is 15.6 Å². The first-order valence-electron chi connectivity index (χ1n) is 7.97. The molecule has 8 nitrogen and oxygen atoms in total. The van der Waals surface area contributed by atoms with E-state index in [0.29, 0.717) is 11.3 Å². The molecule has 0 bridgehead atoms. The number of aromatic nitrogens is 2. The van der Waals surface area contributed by atoms with Gasteiger partial charge in [-0.3, -0.25) is 9.20 Å². The van der Waals surface area contributed by atoms with Crippen molar-refractivity contribution in [1.29, 1.82) is 0 Å². The van der Waals surface area contributed by atoms with Gasteiger partial charge in [-0.05, 0) is 31.9 Å². The van der Waals surface area contributed by atoms with Crippen molar-refractivity contribution in [2.24, 2.45) is 5.92 Å². The summed E-state index contributed by atoms with van der Waals surface area (Å²) < 4.78 is 11.3. The van der Waals surface area contributed by atoms with Gasteiger partial charge < -0.3 is 14.8 Å². The molecular weight excluding hydrogens is 326 g/mol. The lowest BCUT2D eigenvalue weighted by Crippen LogP contribution is -2.46. The molecule has 0 aliphatic heterocycles. The van der Waals surface area contributed by atoms with Crippen molar-refractivity contribution in [2.75, 3.05) is 6.61 Å². The number of nitrogens with zero attached hydrogens (tertiary/aromatic N) is 2. The third-order valence-corrected chi connectivity index (χ3v) is 3.58. The van der Waals surface area contributed by atoms with Crippen molar-refractivity contribution in [3.8, 4) is 5.75 Å². The van der Waals surface area contributed by atoms with Gasteiger partial charge in [0.2, 0.25) is 5.75 Å². The molecule has 0 radical (unpaired) electrons. The number of amides is 1. The van der Waals surface area contributed by atoms with Crippen LogP contribution in [0, 0.1) is 12.8 Å². The molecule has 0 aliphatic rings. The van der Waals surface area contributed by atoms with Gasteiger partial charge in [0.15, 0.2) is 0 Å². The largest absolute Gasteiger partial charge is 0.464 e. The molecule has 0 fully saturated rings. The van der Waals surface area contributed by atoms with Gasteiger partial charge in [0, 0.05) is 5.69 Å². The minimum Gasteiger partial charge on any atom is -0.464 e. The highest BCUT2D eigenvalue weighted by Gasteiger charge is 2.26. The molecule has 0 saturated heterocycles. The lowest BCUT2D eigenvalue weighted by atomic mass is 10.1. The third-order valence-electron chi connectivity index (χ3n) is 3.58. The van der Waals surface area contributed by atoms with Gasteiger partial charge in [-0.15, -0.1) is 0 Å². The zero-order chi connectivity index (χ0) is 18.6. The number of pyridine rings is 1. The van der Waals surface area contributed by atoms with Crippen molar-refractivity contribution >= 4 is 17.7 Å². The smallest absolute Gasteiger partial charge is 0.413 e. The Kier molecular flexibility index (Phi) is 5.74. The third kappa shape index (κ3) is 4.14. The summed E-state index contributed by atoms with van der Waals surface area (Å²) >= 11 is 0. The zero-order valence-corrected chi connectivity index (χ0v) is 14.6. The first-order valence-corrected chi connectivity index (χ1v) is 7.97. The predicted molar refractivity (Wildman–Crippen MR) is 90.6 cm³/mol. The van der Waals surface area contributed by atoms with Crippen molar-refractivity contribution in [2.45, 2.75) is 33.7 Å². The summed E-state index contributed by atoms with van der Waals surface area (Å²) in [7, 11) is 0. The Morgan fingerprint density at radius 1 is 1.32 bits per heavy atom. The van der Waals surface area contributed by atoms with Gasteiger partial charge in [-0.1, -0.05) is 19.9 Å². The molecule has 0 aromatic carbocycles.